The highest BCUT2D eigenvalue weighted by Gasteiger charge is 2.24. The number of carbonyl (C=O) groups is 2. The van der Waals surface area contributed by atoms with E-state index >= 15 is 0 Å². The Morgan fingerprint density at radius 2 is 1.69 bits per heavy atom. The molecule has 0 radical (unpaired) electrons. The van der Waals surface area contributed by atoms with Crippen molar-refractivity contribution in [2.75, 3.05) is 0 Å². The Balaban J connectivity index is 2.51. The first kappa shape index (κ1) is 21.8. The number of aromatic hydroxyl groups is 2. The van der Waals surface area contributed by atoms with E-state index in [1.165, 1.54) is 12.1 Å². The van der Waals surface area contributed by atoms with Crippen LogP contribution in [0.25, 0.3) is 0 Å². The summed E-state index contributed by atoms with van der Waals surface area (Å²) in [5.74, 6) is -1.24. The monoisotopic (exact) mass is 367 g/mol. The van der Waals surface area contributed by atoms with Crippen LogP contribution in [0.1, 0.15) is 46.1 Å². The third kappa shape index (κ3) is 6.92. The average molecular weight is 367 g/mol. The number of nitrogens with two attached hydrogens (primary N) is 1. The molecule has 0 fully saturated rings. The third-order valence-corrected chi connectivity index (χ3v) is 4.29. The molecule has 0 aliphatic heterocycles. The number of carbonyl (C=O) groups excluding carboxylic acids is 2. The molecule has 2 unspecified atom stereocenters. The fourth-order valence-corrected chi connectivity index (χ4v) is 2.18. The van der Waals surface area contributed by atoms with Gasteiger partial charge in [-0.05, 0) is 43.9 Å². The molecule has 1 rings (SSSR count). The fourth-order valence-electron chi connectivity index (χ4n) is 2.18. The van der Waals surface area contributed by atoms with Crippen LogP contribution in [0.3, 0.4) is 0 Å². The van der Waals surface area contributed by atoms with Crippen LogP contribution in [0, 0.1) is 5.92 Å². The minimum Gasteiger partial charge on any atom is -0.504 e. The van der Waals surface area contributed by atoms with Gasteiger partial charge in [0.05, 0.1) is 0 Å². The van der Waals surface area contributed by atoms with Crippen molar-refractivity contribution in [1.29, 1.82) is 0 Å². The number of phenols is 2. The predicted octanol–water partition coefficient (Wildman–Crippen LogP) is 2.27. The summed E-state index contributed by atoms with van der Waals surface area (Å²) in [6.45, 7) is 7.27. The SMILES string of the molecule is CCC(C)CC(=O)OC(C)[C@H](C)OC(=O)[C@@H](N)Cc1ccc(O)c(O)c1. The zero-order valence-corrected chi connectivity index (χ0v) is 15.8. The fraction of sp³-hybridized carbons (Fsp3) is 0.579. The van der Waals surface area contributed by atoms with Gasteiger partial charge in [0.15, 0.2) is 11.5 Å². The molecule has 0 saturated heterocycles. The summed E-state index contributed by atoms with van der Waals surface area (Å²) < 4.78 is 10.6. The summed E-state index contributed by atoms with van der Waals surface area (Å²) >= 11 is 0. The van der Waals surface area contributed by atoms with Crippen molar-refractivity contribution < 1.29 is 29.3 Å². The summed E-state index contributed by atoms with van der Waals surface area (Å²) in [5.41, 5.74) is 6.43. The second-order valence-electron chi connectivity index (χ2n) is 6.69. The highest BCUT2D eigenvalue weighted by atomic mass is 16.6. The number of hydrogen-bond acceptors (Lipinski definition) is 7. The third-order valence-electron chi connectivity index (χ3n) is 4.29. The summed E-state index contributed by atoms with van der Waals surface area (Å²) in [4.78, 5) is 23.9. The van der Waals surface area contributed by atoms with Crippen LogP contribution in [-0.4, -0.2) is 40.4 Å². The molecule has 0 spiro atoms. The average Bonchev–Trinajstić information content (AvgIpc) is 2.57. The van der Waals surface area contributed by atoms with Crippen molar-refractivity contribution in [3.8, 4) is 11.5 Å². The van der Waals surface area contributed by atoms with Crippen molar-refractivity contribution in [3.05, 3.63) is 23.8 Å². The molecular weight excluding hydrogens is 338 g/mol. The Labute approximate surface area is 154 Å². The largest absolute Gasteiger partial charge is 0.504 e. The topological polar surface area (TPSA) is 119 Å². The van der Waals surface area contributed by atoms with E-state index < -0.39 is 24.2 Å². The lowest BCUT2D eigenvalue weighted by atomic mass is 10.1. The van der Waals surface area contributed by atoms with Crippen molar-refractivity contribution in [3.63, 3.8) is 0 Å². The standard InChI is InChI=1S/C19H29NO6/c1-5-11(2)8-18(23)25-12(3)13(4)26-19(24)15(20)9-14-6-7-16(21)17(22)10-14/h6-7,10-13,15,21-22H,5,8-9,20H2,1-4H3/t11?,12?,13-,15-/m0/s1. The number of benzene rings is 1. The quantitative estimate of drug-likeness (QED) is 0.452. The van der Waals surface area contributed by atoms with Crippen LogP contribution >= 0.6 is 0 Å². The second-order valence-corrected chi connectivity index (χ2v) is 6.69. The first-order chi connectivity index (χ1) is 12.1. The highest BCUT2D eigenvalue weighted by Crippen LogP contribution is 2.25. The molecule has 0 aliphatic rings. The molecule has 4 atom stereocenters. The number of esters is 2. The highest BCUT2D eigenvalue weighted by molar-refractivity contribution is 5.76. The van der Waals surface area contributed by atoms with Crippen molar-refractivity contribution >= 4 is 11.9 Å². The number of ether oxygens (including phenoxy) is 2. The molecule has 7 heteroatoms. The zero-order valence-electron chi connectivity index (χ0n) is 15.8. The van der Waals surface area contributed by atoms with Crippen LogP contribution in [-0.2, 0) is 25.5 Å². The normalized spacial score (nSPS) is 15.6. The smallest absolute Gasteiger partial charge is 0.323 e. The van der Waals surface area contributed by atoms with Crippen molar-refractivity contribution in [2.45, 2.75) is 65.2 Å². The first-order valence-corrected chi connectivity index (χ1v) is 8.80. The molecule has 0 aliphatic carbocycles. The lowest BCUT2D eigenvalue weighted by Gasteiger charge is -2.23. The Hall–Kier alpha value is -2.28. The molecule has 4 N–H and O–H groups in total. The maximum atomic E-state index is 12.1. The van der Waals surface area contributed by atoms with Gasteiger partial charge in [0.2, 0.25) is 0 Å². The summed E-state index contributed by atoms with van der Waals surface area (Å²) in [7, 11) is 0. The molecule has 1 aromatic rings. The molecule has 0 saturated carbocycles. The van der Waals surface area contributed by atoms with Gasteiger partial charge in [-0.15, -0.1) is 0 Å². The number of phenolic OH excluding ortho intramolecular Hbond substituents is 2. The minimum atomic E-state index is -0.940. The van der Waals surface area contributed by atoms with E-state index in [0.717, 1.165) is 6.42 Å². The second kappa shape index (κ2) is 10.0. The predicted molar refractivity (Wildman–Crippen MR) is 96.6 cm³/mol. The van der Waals surface area contributed by atoms with Crippen molar-refractivity contribution in [1.82, 2.24) is 0 Å². The van der Waals surface area contributed by atoms with Crippen LogP contribution < -0.4 is 5.73 Å². The molecule has 146 valence electrons. The van der Waals surface area contributed by atoms with Gasteiger partial charge in [-0.3, -0.25) is 9.59 Å². The van der Waals surface area contributed by atoms with E-state index in [1.807, 2.05) is 13.8 Å². The van der Waals surface area contributed by atoms with Gasteiger partial charge in [-0.25, -0.2) is 0 Å². The van der Waals surface area contributed by atoms with E-state index in [1.54, 1.807) is 19.9 Å². The molecule has 7 nitrogen and oxygen atoms in total. The van der Waals surface area contributed by atoms with Crippen LogP contribution in [0.4, 0.5) is 0 Å². The van der Waals surface area contributed by atoms with Gasteiger partial charge in [0, 0.05) is 6.42 Å². The lowest BCUT2D eigenvalue weighted by molar-refractivity contribution is -0.166. The number of rotatable bonds is 9. The van der Waals surface area contributed by atoms with Gasteiger partial charge >= 0.3 is 11.9 Å². The molecular formula is C19H29NO6. The van der Waals surface area contributed by atoms with E-state index in [-0.39, 0.29) is 29.8 Å². The van der Waals surface area contributed by atoms with E-state index in [9.17, 15) is 19.8 Å². The Morgan fingerprint density at radius 3 is 2.27 bits per heavy atom. The van der Waals surface area contributed by atoms with E-state index in [4.69, 9.17) is 15.2 Å². The van der Waals surface area contributed by atoms with Gasteiger partial charge < -0.3 is 25.4 Å². The van der Waals surface area contributed by atoms with Gasteiger partial charge in [-0.1, -0.05) is 26.3 Å². The van der Waals surface area contributed by atoms with Crippen LogP contribution in [0.5, 0.6) is 11.5 Å². The molecule has 1 aromatic carbocycles. The van der Waals surface area contributed by atoms with Crippen LogP contribution in [0.15, 0.2) is 18.2 Å². The van der Waals surface area contributed by atoms with Crippen LogP contribution in [0.2, 0.25) is 0 Å². The first-order valence-electron chi connectivity index (χ1n) is 8.80. The number of hydrogen-bond donors (Lipinski definition) is 3. The molecule has 26 heavy (non-hydrogen) atoms. The Bertz CT molecular complexity index is 618. The maximum Gasteiger partial charge on any atom is 0.323 e. The van der Waals surface area contributed by atoms with Gasteiger partial charge in [-0.2, -0.15) is 0 Å². The molecule has 0 amide bonds. The lowest BCUT2D eigenvalue weighted by Crippen LogP contribution is -2.39. The van der Waals surface area contributed by atoms with Gasteiger partial charge in [0.25, 0.3) is 0 Å². The molecule has 0 heterocycles. The van der Waals surface area contributed by atoms with Crippen molar-refractivity contribution in [2.24, 2.45) is 11.7 Å². The summed E-state index contributed by atoms with van der Waals surface area (Å²) in [5, 5.41) is 18.8. The van der Waals surface area contributed by atoms with E-state index in [2.05, 4.69) is 0 Å². The molecule has 0 bridgehead atoms. The Morgan fingerprint density at radius 1 is 1.08 bits per heavy atom. The van der Waals surface area contributed by atoms with E-state index in [0.29, 0.717) is 12.0 Å². The summed E-state index contributed by atoms with van der Waals surface area (Å²) in [6.07, 6.45) is 0.130. The molecule has 0 aromatic heterocycles. The Kier molecular flexibility index (Phi) is 8.38. The zero-order chi connectivity index (χ0) is 19.9. The summed E-state index contributed by atoms with van der Waals surface area (Å²) in [6, 6.07) is 3.28. The minimum absolute atomic E-state index is 0.140. The maximum absolute atomic E-state index is 12.1. The van der Waals surface area contributed by atoms with Gasteiger partial charge in [0.1, 0.15) is 18.2 Å².